The Hall–Kier alpha value is -5.51. The normalized spacial score (nSPS) is 17.5. The number of nitrogens with zero attached hydrogens (tertiary/aromatic N) is 8. The smallest absolute Gasteiger partial charge is 0.323 e. The van der Waals surface area contributed by atoms with Crippen LogP contribution in [0, 0.1) is 11.3 Å². The van der Waals surface area contributed by atoms with Gasteiger partial charge >= 0.3 is 6.03 Å². The van der Waals surface area contributed by atoms with Crippen molar-refractivity contribution in [3.8, 4) is 17.2 Å². The van der Waals surface area contributed by atoms with Gasteiger partial charge in [0.15, 0.2) is 0 Å². The fourth-order valence-electron chi connectivity index (χ4n) is 6.33. The summed E-state index contributed by atoms with van der Waals surface area (Å²) in [5, 5.41) is 23.7. The number of anilines is 3. The fourth-order valence-corrected chi connectivity index (χ4v) is 6.33. The van der Waals surface area contributed by atoms with E-state index in [-0.39, 0.29) is 24.0 Å². The molecule has 0 radical (unpaired) electrons. The van der Waals surface area contributed by atoms with Crippen molar-refractivity contribution in [1.82, 2.24) is 34.9 Å². The zero-order chi connectivity index (χ0) is 33.3. The zero-order valence-corrected chi connectivity index (χ0v) is 27.2. The van der Waals surface area contributed by atoms with Gasteiger partial charge in [0.1, 0.15) is 23.3 Å². The van der Waals surface area contributed by atoms with E-state index in [9.17, 15) is 14.9 Å². The molecular formula is C35H41N11O2. The van der Waals surface area contributed by atoms with Gasteiger partial charge < -0.3 is 20.9 Å². The number of amides is 3. The lowest BCUT2D eigenvalue weighted by atomic mass is 9.90. The molecule has 1 aliphatic carbocycles. The third kappa shape index (κ3) is 8.06. The van der Waals surface area contributed by atoms with Crippen LogP contribution < -0.4 is 20.9 Å². The lowest BCUT2D eigenvalue weighted by Crippen LogP contribution is -2.49. The Kier molecular flexibility index (Phi) is 10.4. The van der Waals surface area contributed by atoms with E-state index >= 15 is 0 Å². The predicted octanol–water partition coefficient (Wildman–Crippen LogP) is 4.71. The van der Waals surface area contributed by atoms with Crippen molar-refractivity contribution in [3.63, 3.8) is 0 Å². The maximum absolute atomic E-state index is 13.7. The molecule has 1 aromatic carbocycles. The number of aromatic nitrogens is 5. The Bertz CT molecular complexity index is 1730. The van der Waals surface area contributed by atoms with Crippen LogP contribution in [0.4, 0.5) is 22.4 Å². The molecule has 3 aromatic heterocycles. The number of rotatable bonds is 12. The largest absolute Gasteiger partial charge is 0.369 e. The highest BCUT2D eigenvalue weighted by Crippen LogP contribution is 2.30. The lowest BCUT2D eigenvalue weighted by Gasteiger charge is -2.36. The first kappa shape index (κ1) is 32.4. The van der Waals surface area contributed by atoms with Crippen molar-refractivity contribution in [2.45, 2.75) is 63.6 Å². The maximum Gasteiger partial charge on any atom is 0.323 e. The summed E-state index contributed by atoms with van der Waals surface area (Å²) in [4.78, 5) is 43.0. The van der Waals surface area contributed by atoms with Crippen LogP contribution in [0.2, 0.25) is 0 Å². The molecule has 13 nitrogen and oxygen atoms in total. The van der Waals surface area contributed by atoms with E-state index in [2.05, 4.69) is 37.1 Å². The van der Waals surface area contributed by atoms with Crippen molar-refractivity contribution in [1.29, 1.82) is 5.26 Å². The molecule has 6 rings (SSSR count). The maximum atomic E-state index is 13.7. The van der Waals surface area contributed by atoms with Gasteiger partial charge in [-0.25, -0.2) is 14.8 Å². The minimum Gasteiger partial charge on any atom is -0.369 e. The average molecular weight is 648 g/mol. The molecule has 48 heavy (non-hydrogen) atoms. The summed E-state index contributed by atoms with van der Waals surface area (Å²) in [5.74, 6) is 1.75. The Balaban J connectivity index is 1.08. The number of likely N-dealkylation sites (tertiary alicyclic amines) is 1. The van der Waals surface area contributed by atoms with Crippen molar-refractivity contribution >= 4 is 29.5 Å². The van der Waals surface area contributed by atoms with Gasteiger partial charge in [0.25, 0.3) is 0 Å². The average Bonchev–Trinajstić information content (AvgIpc) is 3.74. The van der Waals surface area contributed by atoms with E-state index in [1.165, 1.54) is 6.20 Å². The summed E-state index contributed by atoms with van der Waals surface area (Å²) in [6.07, 6.45) is 12.5. The standard InChI is InChI=1S/C35H41N11O2/c1-44-24-28(23-41-44)26-10-15-31(38-21-26)46(35(48)40-20-25-7-3-2-4-8-25)30-13-11-29(12-14-30)42-34-39-22-27(19-36)33(43-34)37-16-6-18-45-17-5-9-32(45)47/h2-4,7-8,10,15,21-24,29-30H,5-6,9,11-14,16-18,20H2,1H3,(H,40,48)(H2,37,39,42,43)/t29-,30-. The van der Waals surface area contributed by atoms with Crippen LogP contribution in [0.25, 0.3) is 11.1 Å². The Labute approximate surface area is 280 Å². The Morgan fingerprint density at radius 2 is 1.88 bits per heavy atom. The summed E-state index contributed by atoms with van der Waals surface area (Å²) >= 11 is 0. The molecule has 0 bridgehead atoms. The van der Waals surface area contributed by atoms with Crippen molar-refractivity contribution in [2.24, 2.45) is 7.05 Å². The van der Waals surface area contributed by atoms with Gasteiger partial charge in [-0.05, 0) is 56.2 Å². The van der Waals surface area contributed by atoms with Gasteiger partial charge in [-0.2, -0.15) is 15.3 Å². The molecule has 0 atom stereocenters. The number of benzene rings is 1. The molecule has 1 saturated carbocycles. The highest BCUT2D eigenvalue weighted by Gasteiger charge is 2.31. The highest BCUT2D eigenvalue weighted by atomic mass is 16.2. The zero-order valence-electron chi connectivity index (χ0n) is 27.2. The van der Waals surface area contributed by atoms with Gasteiger partial charge in [0.2, 0.25) is 11.9 Å². The lowest BCUT2D eigenvalue weighted by molar-refractivity contribution is -0.127. The first-order valence-corrected chi connectivity index (χ1v) is 16.6. The fraction of sp³-hybridized carbons (Fsp3) is 0.400. The van der Waals surface area contributed by atoms with Crippen LogP contribution in [0.5, 0.6) is 0 Å². The number of aryl methyl sites for hydroxylation is 1. The molecule has 2 fully saturated rings. The highest BCUT2D eigenvalue weighted by molar-refractivity contribution is 5.91. The molecule has 13 heteroatoms. The Morgan fingerprint density at radius 1 is 1.04 bits per heavy atom. The number of hydrogen-bond donors (Lipinski definition) is 3. The van der Waals surface area contributed by atoms with E-state index in [1.54, 1.807) is 22.0 Å². The number of urea groups is 1. The van der Waals surface area contributed by atoms with Crippen molar-refractivity contribution in [2.75, 3.05) is 35.2 Å². The van der Waals surface area contributed by atoms with E-state index in [4.69, 9.17) is 4.98 Å². The van der Waals surface area contributed by atoms with Gasteiger partial charge in [-0.3, -0.25) is 14.4 Å². The van der Waals surface area contributed by atoms with E-state index in [0.717, 1.165) is 61.8 Å². The molecule has 0 spiro atoms. The second-order valence-corrected chi connectivity index (χ2v) is 12.3. The van der Waals surface area contributed by atoms with Crippen LogP contribution in [-0.2, 0) is 18.4 Å². The summed E-state index contributed by atoms with van der Waals surface area (Å²) in [5.41, 5.74) is 3.30. The summed E-state index contributed by atoms with van der Waals surface area (Å²) in [6.45, 7) is 2.53. The molecule has 248 valence electrons. The molecule has 0 unspecified atom stereocenters. The second kappa shape index (κ2) is 15.4. The van der Waals surface area contributed by atoms with Gasteiger partial charge in [-0.1, -0.05) is 30.3 Å². The minimum absolute atomic E-state index is 0.0443. The Morgan fingerprint density at radius 3 is 2.56 bits per heavy atom. The predicted molar refractivity (Wildman–Crippen MR) is 183 cm³/mol. The monoisotopic (exact) mass is 647 g/mol. The van der Waals surface area contributed by atoms with Crippen molar-refractivity contribution in [3.05, 3.63) is 78.4 Å². The molecule has 1 aliphatic heterocycles. The molecular weight excluding hydrogens is 606 g/mol. The van der Waals surface area contributed by atoms with Crippen LogP contribution in [-0.4, -0.2) is 73.3 Å². The summed E-state index contributed by atoms with van der Waals surface area (Å²) in [7, 11) is 1.88. The third-order valence-electron chi connectivity index (χ3n) is 8.91. The van der Waals surface area contributed by atoms with E-state index < -0.39 is 0 Å². The molecule has 3 N–H and O–H groups in total. The van der Waals surface area contributed by atoms with Crippen LogP contribution >= 0.6 is 0 Å². The van der Waals surface area contributed by atoms with E-state index in [1.807, 2.05) is 60.6 Å². The molecule has 2 aliphatic rings. The number of pyridine rings is 1. The SMILES string of the molecule is Cn1cc(-c2ccc(N(C(=O)NCc3ccccc3)[C@H]3CC[C@H](Nc4ncc(C#N)c(NCCCN5CCCC5=O)n4)CC3)nc2)cn1. The third-order valence-corrected chi connectivity index (χ3v) is 8.91. The molecule has 3 amide bonds. The van der Waals surface area contributed by atoms with Crippen molar-refractivity contribution < 1.29 is 9.59 Å². The van der Waals surface area contributed by atoms with E-state index in [0.29, 0.717) is 49.2 Å². The topological polar surface area (TPSA) is 157 Å². The van der Waals surface area contributed by atoms with Crippen LogP contribution in [0.15, 0.2) is 67.3 Å². The first-order chi connectivity index (χ1) is 23.5. The molecule has 4 aromatic rings. The minimum atomic E-state index is -0.183. The van der Waals surface area contributed by atoms with Gasteiger partial charge in [-0.15, -0.1) is 0 Å². The number of nitrogens with one attached hydrogen (secondary N) is 3. The van der Waals surface area contributed by atoms with Crippen LogP contribution in [0.3, 0.4) is 0 Å². The quantitative estimate of drug-likeness (QED) is 0.185. The number of hydrogen-bond acceptors (Lipinski definition) is 9. The molecule has 4 heterocycles. The number of nitriles is 1. The second-order valence-electron chi connectivity index (χ2n) is 12.3. The summed E-state index contributed by atoms with van der Waals surface area (Å²) in [6, 6.07) is 15.8. The number of carbonyl (C=O) groups is 2. The van der Waals surface area contributed by atoms with Crippen LogP contribution in [0.1, 0.15) is 56.1 Å². The van der Waals surface area contributed by atoms with Gasteiger partial charge in [0, 0.05) is 75.3 Å². The summed E-state index contributed by atoms with van der Waals surface area (Å²) < 4.78 is 1.75. The first-order valence-electron chi connectivity index (χ1n) is 16.6. The molecule has 1 saturated heterocycles. The van der Waals surface area contributed by atoms with Gasteiger partial charge in [0.05, 0.1) is 12.4 Å². The number of carbonyl (C=O) groups excluding carboxylic acids is 2.